The van der Waals surface area contributed by atoms with Crippen LogP contribution in [0.25, 0.3) is 0 Å². The molecule has 0 saturated carbocycles. The number of ketones is 1. The zero-order valence-electron chi connectivity index (χ0n) is 18.1. The van der Waals surface area contributed by atoms with Crippen molar-refractivity contribution in [2.75, 3.05) is 11.5 Å². The van der Waals surface area contributed by atoms with Crippen molar-refractivity contribution in [1.29, 1.82) is 0 Å². The third kappa shape index (κ3) is 4.17. The lowest BCUT2D eigenvalue weighted by atomic mass is 9.96. The largest absolute Gasteiger partial charge is 0.503 e. The van der Waals surface area contributed by atoms with Crippen LogP contribution in [0.5, 0.6) is 5.75 Å². The Balaban J connectivity index is 1.68. The van der Waals surface area contributed by atoms with Gasteiger partial charge in [0.25, 0.3) is 5.91 Å². The van der Waals surface area contributed by atoms with Gasteiger partial charge in [0, 0.05) is 12.1 Å². The molecule has 0 fully saturated rings. The fraction of sp³-hybridized carbons (Fsp3) is 0.231. The Morgan fingerprint density at radius 2 is 1.78 bits per heavy atom. The van der Waals surface area contributed by atoms with Gasteiger partial charge in [0.15, 0.2) is 11.5 Å². The molecule has 0 aliphatic carbocycles. The van der Waals surface area contributed by atoms with E-state index in [-0.39, 0.29) is 17.8 Å². The van der Waals surface area contributed by atoms with Crippen molar-refractivity contribution in [3.8, 4) is 5.75 Å². The van der Waals surface area contributed by atoms with Crippen molar-refractivity contribution in [3.05, 3.63) is 95.1 Å². The molecule has 6 nitrogen and oxygen atoms in total. The van der Waals surface area contributed by atoms with Crippen LogP contribution in [0.2, 0.25) is 0 Å². The smallest absolute Gasteiger partial charge is 0.294 e. The Labute approximate surface area is 186 Å². The summed E-state index contributed by atoms with van der Waals surface area (Å²) in [6, 6.07) is 19.3. The van der Waals surface area contributed by atoms with Gasteiger partial charge in [-0.1, -0.05) is 30.3 Å². The molecule has 3 aromatic rings. The number of aliphatic hydroxyl groups is 1. The van der Waals surface area contributed by atoms with Crippen molar-refractivity contribution in [1.82, 2.24) is 0 Å². The minimum absolute atomic E-state index is 0.0640. The van der Waals surface area contributed by atoms with Crippen LogP contribution in [0.1, 0.15) is 36.5 Å². The first-order valence-corrected chi connectivity index (χ1v) is 10.6. The van der Waals surface area contributed by atoms with Gasteiger partial charge in [-0.15, -0.1) is 0 Å². The molecule has 1 unspecified atom stereocenters. The second kappa shape index (κ2) is 9.14. The maximum Gasteiger partial charge on any atom is 0.294 e. The first kappa shape index (κ1) is 21.4. The summed E-state index contributed by atoms with van der Waals surface area (Å²) in [6.07, 6.45) is 0.682. The summed E-state index contributed by atoms with van der Waals surface area (Å²) in [5, 5.41) is 10.7. The summed E-state index contributed by atoms with van der Waals surface area (Å²) in [5.74, 6) is 0.308. The molecule has 0 spiro atoms. The summed E-state index contributed by atoms with van der Waals surface area (Å²) in [6.45, 7) is 4.21. The summed E-state index contributed by atoms with van der Waals surface area (Å²) in [7, 11) is 0. The maximum absolute atomic E-state index is 13.2. The highest BCUT2D eigenvalue weighted by Crippen LogP contribution is 2.42. The number of hydrogen-bond acceptors (Lipinski definition) is 5. The van der Waals surface area contributed by atoms with E-state index in [1.807, 2.05) is 37.3 Å². The molecule has 1 aromatic heterocycles. The third-order valence-corrected chi connectivity index (χ3v) is 5.45. The Morgan fingerprint density at radius 3 is 2.41 bits per heavy atom. The molecule has 1 aliphatic rings. The number of ether oxygens (including phenoxy) is 1. The van der Waals surface area contributed by atoms with E-state index < -0.39 is 17.7 Å². The normalized spacial score (nSPS) is 16.0. The van der Waals surface area contributed by atoms with E-state index in [1.165, 1.54) is 4.90 Å². The second-order valence-electron chi connectivity index (χ2n) is 7.62. The molecule has 2 aromatic carbocycles. The number of hydrogen-bond donors (Lipinski definition) is 1. The summed E-state index contributed by atoms with van der Waals surface area (Å²) in [4.78, 5) is 27.7. The number of carbonyl (C=O) groups is 2. The molecule has 2 heterocycles. The van der Waals surface area contributed by atoms with Crippen LogP contribution in [0.3, 0.4) is 0 Å². The number of rotatable bonds is 8. The highest BCUT2D eigenvalue weighted by molar-refractivity contribution is 6.16. The SMILES string of the molecule is CCOc1ccc(N2C(=O)C(O)=C(C(=O)CCc3ccccc3)C2c2ccc(C)o2)cc1. The molecule has 0 bridgehead atoms. The number of Topliss-reactive ketones (excluding diaryl/α,β-unsaturated/α-hetero) is 1. The number of amides is 1. The van der Waals surface area contributed by atoms with Crippen LogP contribution in [0.4, 0.5) is 5.69 Å². The van der Waals surface area contributed by atoms with Gasteiger partial charge < -0.3 is 14.3 Å². The van der Waals surface area contributed by atoms with Crippen LogP contribution < -0.4 is 9.64 Å². The van der Waals surface area contributed by atoms with Crippen molar-refractivity contribution < 1.29 is 23.8 Å². The minimum atomic E-state index is -0.836. The second-order valence-corrected chi connectivity index (χ2v) is 7.62. The van der Waals surface area contributed by atoms with Crippen molar-refractivity contribution in [3.63, 3.8) is 0 Å². The van der Waals surface area contributed by atoms with Gasteiger partial charge in [0.1, 0.15) is 23.3 Å². The fourth-order valence-corrected chi connectivity index (χ4v) is 3.93. The Kier molecular flexibility index (Phi) is 6.12. The summed E-state index contributed by atoms with van der Waals surface area (Å²) in [5.41, 5.74) is 1.61. The molecular formula is C26H25NO5. The van der Waals surface area contributed by atoms with Crippen molar-refractivity contribution in [2.24, 2.45) is 0 Å². The molecule has 1 atom stereocenters. The third-order valence-electron chi connectivity index (χ3n) is 5.45. The minimum Gasteiger partial charge on any atom is -0.503 e. The van der Waals surface area contributed by atoms with Gasteiger partial charge in [-0.3, -0.25) is 14.5 Å². The van der Waals surface area contributed by atoms with Gasteiger partial charge in [0.05, 0.1) is 12.2 Å². The number of aliphatic hydroxyl groups excluding tert-OH is 1. The Hall–Kier alpha value is -3.80. The molecule has 164 valence electrons. The number of aryl methyl sites for hydroxylation is 2. The average molecular weight is 431 g/mol. The zero-order chi connectivity index (χ0) is 22.7. The number of carbonyl (C=O) groups excluding carboxylic acids is 2. The molecule has 0 saturated heterocycles. The Bertz CT molecular complexity index is 1140. The highest BCUT2D eigenvalue weighted by atomic mass is 16.5. The monoisotopic (exact) mass is 431 g/mol. The van der Waals surface area contributed by atoms with Crippen LogP contribution in [0, 0.1) is 6.92 Å². The lowest BCUT2D eigenvalue weighted by molar-refractivity contribution is -0.118. The van der Waals surface area contributed by atoms with Crippen LogP contribution in [-0.2, 0) is 16.0 Å². The quantitative estimate of drug-likeness (QED) is 0.537. The number of benzene rings is 2. The van der Waals surface area contributed by atoms with Crippen LogP contribution in [0.15, 0.2) is 82.5 Å². The summed E-state index contributed by atoms with van der Waals surface area (Å²) >= 11 is 0. The van der Waals surface area contributed by atoms with Gasteiger partial charge >= 0.3 is 0 Å². The molecule has 4 rings (SSSR count). The van der Waals surface area contributed by atoms with E-state index in [0.717, 1.165) is 5.56 Å². The fourth-order valence-electron chi connectivity index (χ4n) is 3.93. The molecular weight excluding hydrogens is 406 g/mol. The Morgan fingerprint density at radius 1 is 1.06 bits per heavy atom. The van der Waals surface area contributed by atoms with Crippen molar-refractivity contribution in [2.45, 2.75) is 32.7 Å². The predicted molar refractivity (Wildman–Crippen MR) is 121 cm³/mol. The topological polar surface area (TPSA) is 80.0 Å². The van der Waals surface area contributed by atoms with Gasteiger partial charge in [-0.25, -0.2) is 0 Å². The van der Waals surface area contributed by atoms with Gasteiger partial charge in [-0.05, 0) is 62.2 Å². The van der Waals surface area contributed by atoms with Crippen molar-refractivity contribution >= 4 is 17.4 Å². The van der Waals surface area contributed by atoms with Crippen LogP contribution in [-0.4, -0.2) is 23.4 Å². The van der Waals surface area contributed by atoms with E-state index in [4.69, 9.17) is 9.15 Å². The zero-order valence-corrected chi connectivity index (χ0v) is 18.1. The average Bonchev–Trinajstić information content (AvgIpc) is 3.34. The summed E-state index contributed by atoms with van der Waals surface area (Å²) < 4.78 is 11.3. The van der Waals surface area contributed by atoms with E-state index in [2.05, 4.69) is 0 Å². The van der Waals surface area contributed by atoms with E-state index in [1.54, 1.807) is 43.3 Å². The standard InChI is InChI=1S/C26H25NO5/c1-3-31-20-13-11-19(12-14-20)27-24(22-16-9-17(2)32-22)23(25(29)26(27)30)21(28)15-10-18-7-5-4-6-8-18/h4-9,11-14,16,24,29H,3,10,15H2,1-2H3. The van der Waals surface area contributed by atoms with E-state index in [0.29, 0.717) is 36.0 Å². The number of furan rings is 1. The lowest BCUT2D eigenvalue weighted by Crippen LogP contribution is -2.30. The molecule has 1 aliphatic heterocycles. The molecule has 1 amide bonds. The molecule has 0 radical (unpaired) electrons. The number of anilines is 1. The highest BCUT2D eigenvalue weighted by Gasteiger charge is 2.45. The lowest BCUT2D eigenvalue weighted by Gasteiger charge is -2.25. The van der Waals surface area contributed by atoms with Gasteiger partial charge in [-0.2, -0.15) is 0 Å². The van der Waals surface area contributed by atoms with E-state index >= 15 is 0 Å². The van der Waals surface area contributed by atoms with E-state index in [9.17, 15) is 14.7 Å². The van der Waals surface area contributed by atoms with Crippen LogP contribution >= 0.6 is 0 Å². The number of nitrogens with zero attached hydrogens (tertiary/aromatic N) is 1. The first-order valence-electron chi connectivity index (χ1n) is 10.6. The maximum atomic E-state index is 13.2. The van der Waals surface area contributed by atoms with Gasteiger partial charge in [0.2, 0.25) is 0 Å². The molecule has 32 heavy (non-hydrogen) atoms. The first-order chi connectivity index (χ1) is 15.5. The molecule has 6 heteroatoms. The predicted octanol–water partition coefficient (Wildman–Crippen LogP) is 5.09. The molecule has 1 N–H and O–H groups in total.